The first kappa shape index (κ1) is 15.2. The lowest BCUT2D eigenvalue weighted by Crippen LogP contribution is -2.37. The molecule has 1 aliphatic rings. The molecule has 1 aromatic carbocycles. The van der Waals surface area contributed by atoms with Crippen LogP contribution < -0.4 is 10.6 Å². The quantitative estimate of drug-likeness (QED) is 0.795. The lowest BCUT2D eigenvalue weighted by Gasteiger charge is -2.22. The molecule has 6 nitrogen and oxygen atoms in total. The summed E-state index contributed by atoms with van der Waals surface area (Å²) in [4.78, 5) is 22.5. The Kier molecular flexibility index (Phi) is 5.10. The van der Waals surface area contributed by atoms with Gasteiger partial charge in [0.05, 0.1) is 17.4 Å². The van der Waals surface area contributed by atoms with E-state index in [1.807, 2.05) is 0 Å². The summed E-state index contributed by atoms with van der Waals surface area (Å²) in [5.74, 6) is -1.88. The molecule has 0 spiro atoms. The van der Waals surface area contributed by atoms with E-state index in [2.05, 4.69) is 10.6 Å². The minimum absolute atomic E-state index is 0.0281. The van der Waals surface area contributed by atoms with Gasteiger partial charge in [0.2, 0.25) is 0 Å². The number of benzene rings is 1. The van der Waals surface area contributed by atoms with E-state index >= 15 is 0 Å². The van der Waals surface area contributed by atoms with Crippen LogP contribution in [-0.2, 0) is 4.74 Å². The number of carboxylic acid groups (broad SMARTS) is 1. The highest BCUT2D eigenvalue weighted by atomic mass is 19.1. The SMILES string of the molecule is O=C(NCC1CCCCO1)Nc1cc(C(=O)O)ccc1F. The van der Waals surface area contributed by atoms with Gasteiger partial charge in [0.15, 0.2) is 0 Å². The fourth-order valence-corrected chi connectivity index (χ4v) is 2.10. The third-order valence-electron chi connectivity index (χ3n) is 3.23. The molecule has 0 radical (unpaired) electrons. The van der Waals surface area contributed by atoms with Gasteiger partial charge in [-0.1, -0.05) is 0 Å². The van der Waals surface area contributed by atoms with E-state index in [-0.39, 0.29) is 17.4 Å². The van der Waals surface area contributed by atoms with E-state index in [9.17, 15) is 14.0 Å². The Labute approximate surface area is 121 Å². The summed E-state index contributed by atoms with van der Waals surface area (Å²) in [5.41, 5.74) is -0.265. The van der Waals surface area contributed by atoms with Crippen LogP contribution in [0.2, 0.25) is 0 Å². The largest absolute Gasteiger partial charge is 0.478 e. The molecule has 21 heavy (non-hydrogen) atoms. The van der Waals surface area contributed by atoms with Crippen LogP contribution >= 0.6 is 0 Å². The molecule has 7 heteroatoms. The zero-order valence-corrected chi connectivity index (χ0v) is 11.4. The average Bonchev–Trinajstić information content (AvgIpc) is 2.48. The molecule has 0 saturated carbocycles. The van der Waals surface area contributed by atoms with Crippen molar-refractivity contribution >= 4 is 17.7 Å². The molecule has 1 fully saturated rings. The smallest absolute Gasteiger partial charge is 0.335 e. The van der Waals surface area contributed by atoms with Crippen LogP contribution in [-0.4, -0.2) is 36.4 Å². The van der Waals surface area contributed by atoms with Gasteiger partial charge in [-0.15, -0.1) is 0 Å². The van der Waals surface area contributed by atoms with E-state index in [1.165, 1.54) is 0 Å². The third-order valence-corrected chi connectivity index (χ3v) is 3.23. The summed E-state index contributed by atoms with van der Waals surface area (Å²) in [7, 11) is 0. The molecule has 1 aliphatic heterocycles. The fraction of sp³-hybridized carbons (Fsp3) is 0.429. The molecule has 1 saturated heterocycles. The summed E-state index contributed by atoms with van der Waals surface area (Å²) < 4.78 is 19.0. The van der Waals surface area contributed by atoms with E-state index < -0.39 is 17.8 Å². The number of ether oxygens (including phenoxy) is 1. The third kappa shape index (κ3) is 4.42. The van der Waals surface area contributed by atoms with Gasteiger partial charge in [-0.2, -0.15) is 0 Å². The zero-order chi connectivity index (χ0) is 15.2. The minimum Gasteiger partial charge on any atom is -0.478 e. The van der Waals surface area contributed by atoms with Crippen molar-refractivity contribution in [3.05, 3.63) is 29.6 Å². The number of hydrogen-bond acceptors (Lipinski definition) is 3. The standard InChI is InChI=1S/C14H17FN2O4/c15-11-5-4-9(13(18)19)7-12(11)17-14(20)16-8-10-3-1-2-6-21-10/h4-5,7,10H,1-3,6,8H2,(H,18,19)(H2,16,17,20). The maximum atomic E-state index is 13.5. The van der Waals surface area contributed by atoms with E-state index in [0.29, 0.717) is 13.2 Å². The van der Waals surface area contributed by atoms with Gasteiger partial charge in [-0.05, 0) is 37.5 Å². The van der Waals surface area contributed by atoms with Crippen LogP contribution in [0.3, 0.4) is 0 Å². The second kappa shape index (κ2) is 7.03. The fourth-order valence-electron chi connectivity index (χ4n) is 2.10. The summed E-state index contributed by atoms with van der Waals surface area (Å²) in [6.07, 6.45) is 2.93. The van der Waals surface area contributed by atoms with E-state index in [0.717, 1.165) is 37.5 Å². The number of urea groups is 1. The molecule has 0 bridgehead atoms. The molecule has 114 valence electrons. The summed E-state index contributed by atoms with van der Waals surface area (Å²) >= 11 is 0. The first-order chi connectivity index (χ1) is 10.1. The Hall–Kier alpha value is -2.15. The second-order valence-corrected chi connectivity index (χ2v) is 4.82. The van der Waals surface area contributed by atoms with Crippen molar-refractivity contribution in [1.29, 1.82) is 0 Å². The molecule has 1 aromatic rings. The molecule has 1 unspecified atom stereocenters. The highest BCUT2D eigenvalue weighted by molar-refractivity contribution is 5.93. The average molecular weight is 296 g/mol. The van der Waals surface area contributed by atoms with Crippen LogP contribution in [0.15, 0.2) is 18.2 Å². The predicted molar refractivity (Wildman–Crippen MR) is 74.0 cm³/mol. The molecule has 2 rings (SSSR count). The second-order valence-electron chi connectivity index (χ2n) is 4.82. The monoisotopic (exact) mass is 296 g/mol. The Morgan fingerprint density at radius 1 is 1.38 bits per heavy atom. The molecule has 1 heterocycles. The molecule has 3 N–H and O–H groups in total. The number of hydrogen-bond donors (Lipinski definition) is 3. The number of nitrogens with one attached hydrogen (secondary N) is 2. The normalized spacial score (nSPS) is 18.0. The van der Waals surface area contributed by atoms with Crippen molar-refractivity contribution in [3.63, 3.8) is 0 Å². The number of rotatable bonds is 4. The van der Waals surface area contributed by atoms with Crippen LogP contribution in [0.25, 0.3) is 0 Å². The molecule has 0 aromatic heterocycles. The number of carbonyl (C=O) groups excluding carboxylic acids is 1. The van der Waals surface area contributed by atoms with Gasteiger partial charge in [-0.25, -0.2) is 14.0 Å². The van der Waals surface area contributed by atoms with Crippen molar-refractivity contribution in [3.8, 4) is 0 Å². The topological polar surface area (TPSA) is 87.7 Å². The number of anilines is 1. The van der Waals surface area contributed by atoms with Crippen LogP contribution in [0.1, 0.15) is 29.6 Å². The minimum atomic E-state index is -1.19. The maximum absolute atomic E-state index is 13.5. The number of carbonyl (C=O) groups is 2. The van der Waals surface area contributed by atoms with Gasteiger partial charge in [0, 0.05) is 13.2 Å². The summed E-state index contributed by atoms with van der Waals surface area (Å²) in [5, 5.41) is 13.7. The van der Waals surface area contributed by atoms with Gasteiger partial charge < -0.3 is 20.5 Å². The molecular weight excluding hydrogens is 279 g/mol. The summed E-state index contributed by atoms with van der Waals surface area (Å²) in [6.45, 7) is 1.02. The maximum Gasteiger partial charge on any atom is 0.335 e. The van der Waals surface area contributed by atoms with E-state index in [4.69, 9.17) is 9.84 Å². The number of halogens is 1. The molecular formula is C14H17FN2O4. The predicted octanol–water partition coefficient (Wildman–Crippen LogP) is 2.21. The Bertz CT molecular complexity index is 530. The van der Waals surface area contributed by atoms with Crippen molar-refractivity contribution in [2.45, 2.75) is 25.4 Å². The van der Waals surface area contributed by atoms with Crippen molar-refractivity contribution in [2.75, 3.05) is 18.5 Å². The lowest BCUT2D eigenvalue weighted by molar-refractivity contribution is 0.0187. The first-order valence-electron chi connectivity index (χ1n) is 6.75. The Morgan fingerprint density at radius 2 is 2.19 bits per heavy atom. The summed E-state index contributed by atoms with van der Waals surface area (Å²) in [6, 6.07) is 2.62. The van der Waals surface area contributed by atoms with Crippen molar-refractivity contribution in [1.82, 2.24) is 5.32 Å². The molecule has 1 atom stereocenters. The van der Waals surface area contributed by atoms with Crippen LogP contribution in [0.5, 0.6) is 0 Å². The Balaban J connectivity index is 1.89. The van der Waals surface area contributed by atoms with E-state index in [1.54, 1.807) is 0 Å². The zero-order valence-electron chi connectivity index (χ0n) is 11.4. The van der Waals surface area contributed by atoms with Crippen LogP contribution in [0, 0.1) is 5.82 Å². The number of aromatic carboxylic acids is 1. The number of carboxylic acids is 1. The first-order valence-corrected chi connectivity index (χ1v) is 6.75. The van der Waals surface area contributed by atoms with Gasteiger partial charge >= 0.3 is 12.0 Å². The highest BCUT2D eigenvalue weighted by Crippen LogP contribution is 2.16. The van der Waals surface area contributed by atoms with Gasteiger partial charge in [-0.3, -0.25) is 0 Å². The van der Waals surface area contributed by atoms with Gasteiger partial charge in [0.25, 0.3) is 0 Å². The van der Waals surface area contributed by atoms with Crippen molar-refractivity contribution in [2.24, 2.45) is 0 Å². The highest BCUT2D eigenvalue weighted by Gasteiger charge is 2.15. The molecule has 0 aliphatic carbocycles. The van der Waals surface area contributed by atoms with Crippen LogP contribution in [0.4, 0.5) is 14.9 Å². The lowest BCUT2D eigenvalue weighted by atomic mass is 10.1. The van der Waals surface area contributed by atoms with Gasteiger partial charge in [0.1, 0.15) is 5.82 Å². The molecule has 2 amide bonds. The van der Waals surface area contributed by atoms with Crippen molar-refractivity contribution < 1.29 is 23.8 Å². The number of amides is 2. The Morgan fingerprint density at radius 3 is 2.86 bits per heavy atom.